The van der Waals surface area contributed by atoms with Crippen LogP contribution >= 0.6 is 0 Å². The van der Waals surface area contributed by atoms with Crippen LogP contribution in [0.3, 0.4) is 0 Å². The van der Waals surface area contributed by atoms with E-state index in [1.54, 1.807) is 36.9 Å². The van der Waals surface area contributed by atoms with E-state index in [9.17, 15) is 35.9 Å². The van der Waals surface area contributed by atoms with Crippen LogP contribution in [-0.4, -0.2) is 67.5 Å². The van der Waals surface area contributed by atoms with Crippen LogP contribution in [0.25, 0.3) is 0 Å². The highest BCUT2D eigenvalue weighted by atomic mass is 19.4. The first-order valence-corrected chi connectivity index (χ1v) is 23.8. The third-order valence-corrected chi connectivity index (χ3v) is 14.4. The van der Waals surface area contributed by atoms with Gasteiger partial charge in [0.25, 0.3) is 11.8 Å². The van der Waals surface area contributed by atoms with E-state index in [0.717, 1.165) is 61.5 Å². The number of carbonyl (C=O) groups excluding carboxylic acids is 2. The average molecular weight is 967 g/mol. The second-order valence-electron chi connectivity index (χ2n) is 19.2. The molecule has 0 bridgehead atoms. The summed E-state index contributed by atoms with van der Waals surface area (Å²) in [6, 6.07) is 20.9. The topological polar surface area (TPSA) is 126 Å². The first-order valence-electron chi connectivity index (χ1n) is 23.8. The van der Waals surface area contributed by atoms with E-state index in [1.807, 2.05) is 59.6 Å². The number of carbonyl (C=O) groups is 2. The number of nitrogens with zero attached hydrogens (tertiary/aromatic N) is 8. The molecule has 2 amide bonds. The van der Waals surface area contributed by atoms with E-state index in [1.165, 1.54) is 21.9 Å². The van der Waals surface area contributed by atoms with Crippen molar-refractivity contribution < 1.29 is 35.9 Å². The zero-order valence-corrected chi connectivity index (χ0v) is 39.5. The van der Waals surface area contributed by atoms with Gasteiger partial charge in [0, 0.05) is 62.5 Å². The van der Waals surface area contributed by atoms with Crippen molar-refractivity contribution in [1.82, 2.24) is 40.2 Å². The predicted molar refractivity (Wildman–Crippen MR) is 253 cm³/mol. The van der Waals surface area contributed by atoms with Crippen LogP contribution in [0.2, 0.25) is 0 Å². The first kappa shape index (κ1) is 48.6. The zero-order valence-electron chi connectivity index (χ0n) is 39.5. The Bertz CT molecular complexity index is 2690. The van der Waals surface area contributed by atoms with Gasteiger partial charge in [-0.15, -0.1) is 20.4 Å². The number of anilines is 2. The molecule has 12 nitrogen and oxygen atoms in total. The van der Waals surface area contributed by atoms with Crippen LogP contribution in [0.4, 0.5) is 37.7 Å². The molecule has 2 N–H and O–H groups in total. The van der Waals surface area contributed by atoms with Crippen molar-refractivity contribution in [2.45, 2.75) is 101 Å². The largest absolute Gasteiger partial charge is 0.416 e. The van der Waals surface area contributed by atoms with Gasteiger partial charge in [-0.1, -0.05) is 38.1 Å². The Morgan fingerprint density at radius 2 is 1.03 bits per heavy atom. The van der Waals surface area contributed by atoms with Crippen LogP contribution in [0.15, 0.2) is 85.5 Å². The van der Waals surface area contributed by atoms with E-state index >= 15 is 0 Å². The highest BCUT2D eigenvalue weighted by Gasteiger charge is 2.43. The van der Waals surface area contributed by atoms with E-state index < -0.39 is 23.5 Å². The molecule has 0 aliphatic carbocycles. The van der Waals surface area contributed by atoms with Crippen molar-refractivity contribution >= 4 is 23.2 Å². The number of benzene rings is 4. The maximum Gasteiger partial charge on any atom is 0.416 e. The Balaban J connectivity index is 0.000000174. The maximum atomic E-state index is 14.1. The lowest BCUT2D eigenvalue weighted by Crippen LogP contribution is -2.28. The number of hydrogen-bond donors (Lipinski definition) is 2. The minimum atomic E-state index is -4.52. The molecule has 6 heterocycles. The number of alkyl halides is 6. The molecule has 2 fully saturated rings. The van der Waals surface area contributed by atoms with Crippen LogP contribution in [0.5, 0.6) is 0 Å². The monoisotopic (exact) mass is 966 g/mol. The molecule has 2 aromatic heterocycles. The van der Waals surface area contributed by atoms with E-state index in [4.69, 9.17) is 0 Å². The molecule has 10 rings (SSSR count). The van der Waals surface area contributed by atoms with Gasteiger partial charge in [-0.05, 0) is 144 Å². The van der Waals surface area contributed by atoms with E-state index in [0.29, 0.717) is 48.4 Å². The minimum Gasteiger partial charge on any atom is -0.321 e. The van der Waals surface area contributed by atoms with Crippen LogP contribution in [0, 0.1) is 0 Å². The molecule has 0 radical (unpaired) electrons. The number of nitrogens with one attached hydrogen (secondary N) is 2. The van der Waals surface area contributed by atoms with Gasteiger partial charge < -0.3 is 29.6 Å². The van der Waals surface area contributed by atoms with Crippen molar-refractivity contribution in [2.24, 2.45) is 14.1 Å². The number of piperidine rings is 2. The summed E-state index contributed by atoms with van der Waals surface area (Å²) in [5.41, 5.74) is 3.41. The second-order valence-corrected chi connectivity index (χ2v) is 19.2. The Morgan fingerprint density at radius 1 is 0.614 bits per heavy atom. The normalized spacial score (nSPS) is 19.2. The fourth-order valence-corrected chi connectivity index (χ4v) is 10.3. The molecule has 4 aromatic carbocycles. The Hall–Kier alpha value is -6.40. The number of aromatic nitrogens is 6. The number of aryl methyl sites for hydroxylation is 2. The molecule has 0 unspecified atom stereocenters. The van der Waals surface area contributed by atoms with E-state index in [-0.39, 0.29) is 70.8 Å². The lowest BCUT2D eigenvalue weighted by molar-refractivity contribution is -0.139. The fourth-order valence-electron chi connectivity index (χ4n) is 10.3. The smallest absolute Gasteiger partial charge is 0.321 e. The molecule has 0 spiro atoms. The third-order valence-electron chi connectivity index (χ3n) is 14.4. The Morgan fingerprint density at radius 3 is 1.37 bits per heavy atom. The lowest BCUT2D eigenvalue weighted by Gasteiger charge is -2.24. The summed E-state index contributed by atoms with van der Waals surface area (Å²) in [7, 11) is 3.77. The van der Waals surface area contributed by atoms with Gasteiger partial charge in [0.15, 0.2) is 0 Å². The van der Waals surface area contributed by atoms with Crippen molar-refractivity contribution in [3.05, 3.63) is 153 Å². The maximum absolute atomic E-state index is 14.1. The van der Waals surface area contributed by atoms with Gasteiger partial charge >= 0.3 is 12.4 Å². The molecular formula is C52H56F6N10O2. The van der Waals surface area contributed by atoms with Gasteiger partial charge in [0.1, 0.15) is 24.3 Å². The number of rotatable bonds is 10. The molecule has 4 aliphatic heterocycles. The summed E-state index contributed by atoms with van der Waals surface area (Å²) in [6.07, 6.45) is -1.00. The number of hydrogen-bond acceptors (Lipinski definition) is 8. The summed E-state index contributed by atoms with van der Waals surface area (Å²) in [4.78, 5) is 29.7. The summed E-state index contributed by atoms with van der Waals surface area (Å²) in [5.74, 6) is 1.05. The van der Waals surface area contributed by atoms with E-state index in [2.05, 4.69) is 44.9 Å². The van der Waals surface area contributed by atoms with Crippen molar-refractivity contribution in [1.29, 1.82) is 0 Å². The van der Waals surface area contributed by atoms with Gasteiger partial charge in [0.2, 0.25) is 0 Å². The van der Waals surface area contributed by atoms with Gasteiger partial charge in [0.05, 0.1) is 24.2 Å². The SMILES string of the molecule is C[C@H](Cc1nncn1C)c1cccc(N2Cc3c(cc([C@@H]4CCCNC4)cc3C(F)(F)F)C2=O)c1.C[C@H](Cc1nncn1C)c1cccc(N2Cc3c(cc([C@H]4CCCNC4)cc3C(F)(F)F)C2=O)c1. The molecule has 4 aliphatic rings. The zero-order chi connectivity index (χ0) is 49.5. The second kappa shape index (κ2) is 19.8. The van der Waals surface area contributed by atoms with Gasteiger partial charge in [-0.2, -0.15) is 26.3 Å². The van der Waals surface area contributed by atoms with Crippen molar-refractivity contribution in [3.63, 3.8) is 0 Å². The van der Waals surface area contributed by atoms with Gasteiger partial charge in [-0.3, -0.25) is 9.59 Å². The molecule has 0 saturated carbocycles. The van der Waals surface area contributed by atoms with Crippen LogP contribution in [-0.2, 0) is 52.4 Å². The quantitative estimate of drug-likeness (QED) is 0.130. The number of halogens is 6. The fraction of sp³-hybridized carbons (Fsp3) is 0.423. The van der Waals surface area contributed by atoms with Gasteiger partial charge in [-0.25, -0.2) is 0 Å². The minimum absolute atomic E-state index is 0.0261. The Kier molecular flexibility index (Phi) is 13.7. The summed E-state index contributed by atoms with van der Waals surface area (Å²) >= 11 is 0. The Labute approximate surface area is 402 Å². The molecule has 18 heteroatoms. The van der Waals surface area contributed by atoms with Crippen LogP contribution < -0.4 is 20.4 Å². The highest BCUT2D eigenvalue weighted by molar-refractivity contribution is 6.11. The molecule has 4 atom stereocenters. The summed E-state index contributed by atoms with van der Waals surface area (Å²) < 4.78 is 88.1. The average Bonchev–Trinajstić information content (AvgIpc) is 4.13. The number of fused-ring (bicyclic) bond motifs is 2. The third kappa shape index (κ3) is 10.1. The molecule has 368 valence electrons. The standard InChI is InChI=1S/2C26H28F3N5O/c2*1-16(9-24-32-31-15-33(24)2)17-5-3-7-20(10-17)34-14-22-21(25(34)35)11-19(12-23(22)26(27,28)29)18-6-4-8-30-13-18/h2*3,5,7,10-12,15-16,18,30H,4,6,8-9,13-14H2,1-2H3/t16-,18+;16-,18-/m11/s1. The first-order chi connectivity index (χ1) is 33.4. The summed E-state index contributed by atoms with van der Waals surface area (Å²) in [6.45, 7) is 6.91. The van der Waals surface area contributed by atoms with Crippen molar-refractivity contribution in [3.8, 4) is 0 Å². The molecule has 6 aromatic rings. The highest BCUT2D eigenvalue weighted by Crippen LogP contribution is 2.44. The van der Waals surface area contributed by atoms with Crippen LogP contribution in [0.1, 0.15) is 140 Å². The molecular weight excluding hydrogens is 911 g/mol. The molecule has 70 heavy (non-hydrogen) atoms. The molecule has 2 saturated heterocycles. The lowest BCUT2D eigenvalue weighted by atomic mass is 9.87. The predicted octanol–water partition coefficient (Wildman–Crippen LogP) is 9.62. The van der Waals surface area contributed by atoms with Crippen molar-refractivity contribution in [2.75, 3.05) is 36.0 Å². The summed E-state index contributed by atoms with van der Waals surface area (Å²) in [5, 5.41) is 22.6. The number of amides is 2.